The molecule has 7 nitrogen and oxygen atoms in total. The SMILES string of the molecule is O=CN(CCN1CCOCC1)c1ccc(-c2nnc(Nc3cc(C(F)(F)F)cc(C(F)(F)F)c3)c3ccccc23)cc1. The van der Waals surface area contributed by atoms with Crippen molar-refractivity contribution in [2.75, 3.05) is 49.6 Å². The number of amides is 1. The summed E-state index contributed by atoms with van der Waals surface area (Å²) in [5, 5.41) is 12.0. The molecule has 0 saturated carbocycles. The topological polar surface area (TPSA) is 70.6 Å². The van der Waals surface area contributed by atoms with E-state index in [1.165, 1.54) is 0 Å². The van der Waals surface area contributed by atoms with E-state index in [-0.39, 0.29) is 11.9 Å². The lowest BCUT2D eigenvalue weighted by Gasteiger charge is -2.28. The van der Waals surface area contributed by atoms with Crippen LogP contribution >= 0.6 is 0 Å². The Morgan fingerprint density at radius 3 is 2.07 bits per heavy atom. The average Bonchev–Trinajstić information content (AvgIpc) is 2.97. The molecule has 1 aliphatic heterocycles. The first-order chi connectivity index (χ1) is 20.0. The molecule has 1 amide bonds. The van der Waals surface area contributed by atoms with Crippen molar-refractivity contribution >= 4 is 34.4 Å². The summed E-state index contributed by atoms with van der Waals surface area (Å²) in [6.45, 7) is 4.13. The van der Waals surface area contributed by atoms with Crippen LogP contribution in [0.4, 0.5) is 43.5 Å². The molecule has 0 aliphatic carbocycles. The van der Waals surface area contributed by atoms with Gasteiger partial charge < -0.3 is 15.0 Å². The fourth-order valence-electron chi connectivity index (χ4n) is 4.70. The van der Waals surface area contributed by atoms with E-state index in [4.69, 9.17) is 4.74 Å². The van der Waals surface area contributed by atoms with Crippen molar-refractivity contribution in [1.82, 2.24) is 15.1 Å². The lowest BCUT2D eigenvalue weighted by atomic mass is 10.0. The van der Waals surface area contributed by atoms with Crippen molar-refractivity contribution < 1.29 is 35.9 Å². The van der Waals surface area contributed by atoms with E-state index in [9.17, 15) is 31.1 Å². The number of morpholine rings is 1. The van der Waals surface area contributed by atoms with Gasteiger partial charge in [0.15, 0.2) is 5.82 Å². The first-order valence-corrected chi connectivity index (χ1v) is 13.0. The van der Waals surface area contributed by atoms with Crippen LogP contribution in [0, 0.1) is 0 Å². The van der Waals surface area contributed by atoms with Gasteiger partial charge >= 0.3 is 12.4 Å². The Bertz CT molecular complexity index is 1520. The number of benzene rings is 3. The van der Waals surface area contributed by atoms with Crippen LogP contribution in [0.5, 0.6) is 0 Å². The molecule has 0 radical (unpaired) electrons. The highest BCUT2D eigenvalue weighted by Gasteiger charge is 2.37. The quantitative estimate of drug-likeness (QED) is 0.190. The predicted octanol–water partition coefficient (Wildman–Crippen LogP) is 6.37. The van der Waals surface area contributed by atoms with Gasteiger partial charge in [0.25, 0.3) is 0 Å². The summed E-state index contributed by atoms with van der Waals surface area (Å²) in [6.07, 6.45) is -9.20. The zero-order chi connectivity index (χ0) is 29.9. The summed E-state index contributed by atoms with van der Waals surface area (Å²) < 4.78 is 85.4. The van der Waals surface area contributed by atoms with E-state index < -0.39 is 29.2 Å². The Hall–Kier alpha value is -4.23. The van der Waals surface area contributed by atoms with Crippen molar-refractivity contribution in [2.45, 2.75) is 12.4 Å². The first kappa shape index (κ1) is 29.3. The number of carbonyl (C=O) groups is 1. The van der Waals surface area contributed by atoms with Gasteiger partial charge in [0, 0.05) is 53.9 Å². The van der Waals surface area contributed by atoms with Crippen LogP contribution in [0.25, 0.3) is 22.0 Å². The zero-order valence-electron chi connectivity index (χ0n) is 22.0. The van der Waals surface area contributed by atoms with Gasteiger partial charge in [-0.25, -0.2) is 0 Å². The minimum atomic E-state index is -4.98. The van der Waals surface area contributed by atoms with Crippen LogP contribution < -0.4 is 10.2 Å². The monoisotopic (exact) mass is 589 g/mol. The van der Waals surface area contributed by atoms with Crippen molar-refractivity contribution in [3.63, 3.8) is 0 Å². The minimum absolute atomic E-state index is 0.00587. The summed E-state index contributed by atoms with van der Waals surface area (Å²) in [4.78, 5) is 15.6. The molecule has 42 heavy (non-hydrogen) atoms. The van der Waals surface area contributed by atoms with Crippen LogP contribution in [-0.2, 0) is 21.9 Å². The number of rotatable bonds is 8. The fraction of sp³-hybridized carbons (Fsp3) is 0.276. The van der Waals surface area contributed by atoms with Crippen LogP contribution in [0.3, 0.4) is 0 Å². The van der Waals surface area contributed by atoms with Gasteiger partial charge in [-0.05, 0) is 30.3 Å². The maximum atomic E-state index is 13.3. The first-order valence-electron chi connectivity index (χ1n) is 13.0. The van der Waals surface area contributed by atoms with E-state index >= 15 is 0 Å². The summed E-state index contributed by atoms with van der Waals surface area (Å²) in [5.41, 5.74) is -1.52. The average molecular weight is 590 g/mol. The van der Waals surface area contributed by atoms with Crippen molar-refractivity contribution in [2.24, 2.45) is 0 Å². The molecule has 0 bridgehead atoms. The number of ether oxygens (including phenoxy) is 1. The number of aromatic nitrogens is 2. The molecule has 4 aromatic rings. The third kappa shape index (κ3) is 6.63. The zero-order valence-corrected chi connectivity index (χ0v) is 22.0. The maximum Gasteiger partial charge on any atom is 0.416 e. The summed E-state index contributed by atoms with van der Waals surface area (Å²) in [7, 11) is 0. The van der Waals surface area contributed by atoms with E-state index in [0.29, 0.717) is 66.2 Å². The van der Waals surface area contributed by atoms with Gasteiger partial charge in [-0.2, -0.15) is 26.3 Å². The number of alkyl halides is 6. The van der Waals surface area contributed by atoms with E-state index in [2.05, 4.69) is 20.4 Å². The number of nitrogens with zero attached hydrogens (tertiary/aromatic N) is 4. The van der Waals surface area contributed by atoms with Gasteiger partial charge in [0.2, 0.25) is 6.41 Å². The Balaban J connectivity index is 1.42. The molecular weight excluding hydrogens is 564 g/mol. The van der Waals surface area contributed by atoms with Crippen LogP contribution in [0.1, 0.15) is 11.1 Å². The molecular formula is C29H25F6N5O2. The summed E-state index contributed by atoms with van der Waals surface area (Å²) in [6, 6.07) is 15.1. The molecule has 3 aromatic carbocycles. The second-order valence-electron chi connectivity index (χ2n) is 9.66. The number of fused-ring (bicyclic) bond motifs is 1. The molecule has 2 heterocycles. The molecule has 220 valence electrons. The highest BCUT2D eigenvalue weighted by Crippen LogP contribution is 2.39. The molecule has 1 N–H and O–H groups in total. The Labute approximate surface area is 236 Å². The Morgan fingerprint density at radius 1 is 0.857 bits per heavy atom. The smallest absolute Gasteiger partial charge is 0.379 e. The van der Waals surface area contributed by atoms with Crippen molar-refractivity contribution in [3.05, 3.63) is 77.9 Å². The molecule has 0 unspecified atom stereocenters. The summed E-state index contributed by atoms with van der Waals surface area (Å²) in [5.74, 6) is -0.00587. The normalized spacial score (nSPS) is 14.6. The molecule has 5 rings (SSSR count). The van der Waals surface area contributed by atoms with Crippen LogP contribution in [-0.4, -0.2) is 60.9 Å². The Morgan fingerprint density at radius 2 is 1.48 bits per heavy atom. The van der Waals surface area contributed by atoms with Gasteiger partial charge in [-0.15, -0.1) is 10.2 Å². The molecule has 1 fully saturated rings. The largest absolute Gasteiger partial charge is 0.416 e. The second kappa shape index (κ2) is 11.9. The molecule has 0 atom stereocenters. The van der Waals surface area contributed by atoms with Gasteiger partial charge in [-0.1, -0.05) is 36.4 Å². The number of carbonyl (C=O) groups excluding carboxylic acids is 1. The Kier molecular flexibility index (Phi) is 8.32. The second-order valence-corrected chi connectivity index (χ2v) is 9.66. The molecule has 1 saturated heterocycles. The molecule has 0 spiro atoms. The minimum Gasteiger partial charge on any atom is -0.379 e. The molecule has 13 heteroatoms. The predicted molar refractivity (Wildman–Crippen MR) is 145 cm³/mol. The lowest BCUT2D eigenvalue weighted by molar-refractivity contribution is -0.143. The highest BCUT2D eigenvalue weighted by molar-refractivity contribution is 6.01. The number of halogens is 6. The van der Waals surface area contributed by atoms with E-state index in [1.54, 1.807) is 53.4 Å². The number of hydrogen-bond acceptors (Lipinski definition) is 6. The lowest BCUT2D eigenvalue weighted by Crippen LogP contribution is -2.41. The van der Waals surface area contributed by atoms with Gasteiger partial charge in [0.1, 0.15) is 5.69 Å². The number of anilines is 3. The van der Waals surface area contributed by atoms with Crippen molar-refractivity contribution in [3.8, 4) is 11.3 Å². The van der Waals surface area contributed by atoms with Gasteiger partial charge in [0.05, 0.1) is 24.3 Å². The van der Waals surface area contributed by atoms with Crippen LogP contribution in [0.2, 0.25) is 0 Å². The van der Waals surface area contributed by atoms with E-state index in [0.717, 1.165) is 19.5 Å². The van der Waals surface area contributed by atoms with Gasteiger partial charge in [-0.3, -0.25) is 9.69 Å². The van der Waals surface area contributed by atoms with Crippen LogP contribution in [0.15, 0.2) is 66.7 Å². The number of nitrogens with one attached hydrogen (secondary N) is 1. The third-order valence-electron chi connectivity index (χ3n) is 6.90. The fourth-order valence-corrected chi connectivity index (χ4v) is 4.70. The highest BCUT2D eigenvalue weighted by atomic mass is 19.4. The standard InChI is InChI=1S/C29H25F6N5O2/c30-28(31,32)20-15-21(29(33,34)35)17-22(16-20)36-27-25-4-2-1-3-24(25)26(37-38-27)19-5-7-23(8-6-19)40(18-41)10-9-39-11-13-42-14-12-39/h1-8,15-18H,9-14H2,(H,36,38). The van der Waals surface area contributed by atoms with Crippen molar-refractivity contribution in [1.29, 1.82) is 0 Å². The van der Waals surface area contributed by atoms with E-state index in [1.807, 2.05) is 0 Å². The third-order valence-corrected chi connectivity index (χ3v) is 6.90. The number of hydrogen-bond donors (Lipinski definition) is 1. The molecule has 1 aromatic heterocycles. The maximum absolute atomic E-state index is 13.3. The summed E-state index contributed by atoms with van der Waals surface area (Å²) >= 11 is 0. The molecule has 1 aliphatic rings.